The van der Waals surface area contributed by atoms with Crippen molar-refractivity contribution in [3.05, 3.63) is 11.1 Å². The summed E-state index contributed by atoms with van der Waals surface area (Å²) in [6.45, 7) is 6.06. The standard InChI is InChI=1S/C14H22N2O3S/c1-14(2,3)8-11(17)16-13-15-10(9-20-13)6-5-7-12(18)19-4/h9H,5-8H2,1-4H3,(H,15,16,17). The number of amides is 1. The maximum atomic E-state index is 11.8. The molecule has 0 fully saturated rings. The number of nitrogens with zero attached hydrogens (tertiary/aromatic N) is 1. The second kappa shape index (κ2) is 7.38. The number of ether oxygens (including phenoxy) is 1. The second-order valence-corrected chi connectivity index (χ2v) is 6.72. The first-order valence-corrected chi connectivity index (χ1v) is 7.49. The van der Waals surface area contributed by atoms with Crippen molar-refractivity contribution in [1.82, 2.24) is 4.98 Å². The summed E-state index contributed by atoms with van der Waals surface area (Å²) in [5.74, 6) is -0.230. The molecule has 112 valence electrons. The van der Waals surface area contributed by atoms with Crippen molar-refractivity contribution in [2.24, 2.45) is 5.41 Å². The molecule has 0 bridgehead atoms. The topological polar surface area (TPSA) is 68.3 Å². The van der Waals surface area contributed by atoms with E-state index in [1.54, 1.807) is 0 Å². The van der Waals surface area contributed by atoms with Gasteiger partial charge in [-0.15, -0.1) is 11.3 Å². The zero-order valence-corrected chi connectivity index (χ0v) is 13.3. The molecular formula is C14H22N2O3S. The average Bonchev–Trinajstić information content (AvgIpc) is 2.73. The van der Waals surface area contributed by atoms with Gasteiger partial charge in [0.1, 0.15) is 0 Å². The number of thiazole rings is 1. The number of carbonyl (C=O) groups is 2. The minimum Gasteiger partial charge on any atom is -0.469 e. The molecule has 6 heteroatoms. The molecule has 0 radical (unpaired) electrons. The molecule has 0 saturated heterocycles. The number of aryl methyl sites for hydroxylation is 1. The second-order valence-electron chi connectivity index (χ2n) is 5.86. The van der Waals surface area contributed by atoms with E-state index in [9.17, 15) is 9.59 Å². The Morgan fingerprint density at radius 1 is 1.40 bits per heavy atom. The molecule has 0 aliphatic carbocycles. The molecule has 5 nitrogen and oxygen atoms in total. The van der Waals surface area contributed by atoms with E-state index < -0.39 is 0 Å². The molecule has 1 N–H and O–H groups in total. The number of hydrogen-bond donors (Lipinski definition) is 1. The van der Waals surface area contributed by atoms with Gasteiger partial charge < -0.3 is 10.1 Å². The maximum absolute atomic E-state index is 11.8. The van der Waals surface area contributed by atoms with Crippen LogP contribution in [0.15, 0.2) is 5.38 Å². The number of carbonyl (C=O) groups excluding carboxylic acids is 2. The van der Waals surface area contributed by atoms with Gasteiger partial charge in [0.25, 0.3) is 0 Å². The van der Waals surface area contributed by atoms with Crippen molar-refractivity contribution in [1.29, 1.82) is 0 Å². The van der Waals surface area contributed by atoms with Gasteiger partial charge in [-0.05, 0) is 18.3 Å². The van der Waals surface area contributed by atoms with Crippen molar-refractivity contribution in [2.75, 3.05) is 12.4 Å². The summed E-state index contributed by atoms with van der Waals surface area (Å²) < 4.78 is 4.58. The van der Waals surface area contributed by atoms with Gasteiger partial charge in [-0.25, -0.2) is 4.98 Å². The number of esters is 1. The smallest absolute Gasteiger partial charge is 0.305 e. The Balaban J connectivity index is 2.39. The van der Waals surface area contributed by atoms with E-state index in [0.29, 0.717) is 30.8 Å². The fraction of sp³-hybridized carbons (Fsp3) is 0.643. The van der Waals surface area contributed by atoms with Crippen molar-refractivity contribution in [2.45, 2.75) is 46.5 Å². The van der Waals surface area contributed by atoms with Gasteiger partial charge in [0.2, 0.25) is 5.91 Å². The number of methoxy groups -OCH3 is 1. The highest BCUT2D eigenvalue weighted by Gasteiger charge is 2.16. The van der Waals surface area contributed by atoms with Crippen molar-refractivity contribution in [3.63, 3.8) is 0 Å². The van der Waals surface area contributed by atoms with Crippen LogP contribution in [0.3, 0.4) is 0 Å². The van der Waals surface area contributed by atoms with Gasteiger partial charge in [-0.3, -0.25) is 9.59 Å². The first-order chi connectivity index (χ1) is 9.30. The van der Waals surface area contributed by atoms with Crippen LogP contribution in [0.4, 0.5) is 5.13 Å². The van der Waals surface area contributed by atoms with Crippen molar-refractivity contribution in [3.8, 4) is 0 Å². The lowest BCUT2D eigenvalue weighted by Gasteiger charge is -2.16. The van der Waals surface area contributed by atoms with Gasteiger partial charge in [-0.2, -0.15) is 0 Å². The van der Waals surface area contributed by atoms with Crippen molar-refractivity contribution < 1.29 is 14.3 Å². The molecule has 0 spiro atoms. The molecular weight excluding hydrogens is 276 g/mol. The van der Waals surface area contributed by atoms with Gasteiger partial charge in [-0.1, -0.05) is 20.8 Å². The Morgan fingerprint density at radius 3 is 2.70 bits per heavy atom. The quantitative estimate of drug-likeness (QED) is 0.820. The minimum absolute atomic E-state index is 0.0204. The zero-order chi connectivity index (χ0) is 15.2. The van der Waals surface area contributed by atoms with Crippen LogP contribution in [0.2, 0.25) is 0 Å². The summed E-state index contributed by atoms with van der Waals surface area (Å²) in [6, 6.07) is 0. The SMILES string of the molecule is COC(=O)CCCc1csc(NC(=O)CC(C)(C)C)n1. The summed E-state index contributed by atoms with van der Waals surface area (Å²) in [7, 11) is 1.38. The first kappa shape index (κ1) is 16.6. The normalized spacial score (nSPS) is 11.2. The predicted octanol–water partition coefficient (Wildman–Crippen LogP) is 3.01. The number of nitrogens with one attached hydrogen (secondary N) is 1. The molecule has 1 heterocycles. The number of anilines is 1. The molecule has 1 rings (SSSR count). The van der Waals surface area contributed by atoms with Crippen LogP contribution in [0, 0.1) is 5.41 Å². The third-order valence-corrected chi connectivity index (χ3v) is 3.34. The van der Waals surface area contributed by atoms with E-state index in [2.05, 4.69) is 15.0 Å². The van der Waals surface area contributed by atoms with Crippen LogP contribution < -0.4 is 5.32 Å². The summed E-state index contributed by atoms with van der Waals surface area (Å²) in [6.07, 6.45) is 2.26. The van der Waals surface area contributed by atoms with E-state index in [4.69, 9.17) is 0 Å². The van der Waals surface area contributed by atoms with Gasteiger partial charge in [0.15, 0.2) is 5.13 Å². The Bertz CT molecular complexity index is 463. The lowest BCUT2D eigenvalue weighted by atomic mass is 9.92. The van der Waals surface area contributed by atoms with E-state index >= 15 is 0 Å². The van der Waals surface area contributed by atoms with Crippen LogP contribution in [0.5, 0.6) is 0 Å². The molecule has 0 saturated carbocycles. The Hall–Kier alpha value is -1.43. The third kappa shape index (κ3) is 6.65. The summed E-state index contributed by atoms with van der Waals surface area (Å²) in [4.78, 5) is 27.1. The number of rotatable bonds is 6. The van der Waals surface area contributed by atoms with Crippen LogP contribution >= 0.6 is 11.3 Å². The Labute approximate surface area is 123 Å². The monoisotopic (exact) mass is 298 g/mol. The lowest BCUT2D eigenvalue weighted by Crippen LogP contribution is -2.19. The molecule has 1 aromatic heterocycles. The van der Waals surface area contributed by atoms with Crippen LogP contribution in [0.1, 0.15) is 45.7 Å². The minimum atomic E-state index is -0.209. The molecule has 0 unspecified atom stereocenters. The zero-order valence-electron chi connectivity index (χ0n) is 12.5. The lowest BCUT2D eigenvalue weighted by molar-refractivity contribution is -0.140. The summed E-state index contributed by atoms with van der Waals surface area (Å²) in [5, 5.41) is 5.33. The Morgan fingerprint density at radius 2 is 2.10 bits per heavy atom. The Kier molecular flexibility index (Phi) is 6.13. The van der Waals surface area contributed by atoms with Crippen LogP contribution in [0.25, 0.3) is 0 Å². The van der Waals surface area contributed by atoms with Gasteiger partial charge in [0, 0.05) is 18.2 Å². The highest BCUT2D eigenvalue weighted by molar-refractivity contribution is 7.13. The maximum Gasteiger partial charge on any atom is 0.305 e. The summed E-state index contributed by atoms with van der Waals surface area (Å²) in [5.41, 5.74) is 0.856. The molecule has 1 amide bonds. The molecule has 20 heavy (non-hydrogen) atoms. The highest BCUT2D eigenvalue weighted by Crippen LogP contribution is 2.21. The van der Waals surface area contributed by atoms with Gasteiger partial charge >= 0.3 is 5.97 Å². The third-order valence-electron chi connectivity index (χ3n) is 2.53. The first-order valence-electron chi connectivity index (χ1n) is 6.61. The van der Waals surface area contributed by atoms with Crippen LogP contribution in [-0.2, 0) is 20.7 Å². The molecule has 0 atom stereocenters. The fourth-order valence-electron chi connectivity index (χ4n) is 1.64. The van der Waals surface area contributed by atoms with E-state index in [-0.39, 0.29) is 17.3 Å². The largest absolute Gasteiger partial charge is 0.469 e. The summed E-state index contributed by atoms with van der Waals surface area (Å²) >= 11 is 1.41. The predicted molar refractivity (Wildman–Crippen MR) is 79.8 cm³/mol. The van der Waals surface area contributed by atoms with E-state index in [0.717, 1.165) is 5.69 Å². The van der Waals surface area contributed by atoms with Crippen LogP contribution in [-0.4, -0.2) is 24.0 Å². The molecule has 0 aliphatic rings. The molecule has 1 aromatic rings. The van der Waals surface area contributed by atoms with E-state index in [1.807, 2.05) is 26.2 Å². The number of aromatic nitrogens is 1. The van der Waals surface area contributed by atoms with Gasteiger partial charge in [0.05, 0.1) is 12.8 Å². The van der Waals surface area contributed by atoms with Crippen molar-refractivity contribution >= 4 is 28.3 Å². The average molecular weight is 298 g/mol. The molecule has 0 aliphatic heterocycles. The van der Waals surface area contributed by atoms with E-state index in [1.165, 1.54) is 18.4 Å². The highest BCUT2D eigenvalue weighted by atomic mass is 32.1. The number of hydrogen-bond acceptors (Lipinski definition) is 5. The molecule has 0 aromatic carbocycles. The fourth-order valence-corrected chi connectivity index (χ4v) is 2.40.